The molecule has 0 atom stereocenters. The number of hydrogen-bond donors (Lipinski definition) is 0. The standard InChI is InChI=1S/C17H24N2O4S/c1-3-4-5-6-7-8-13-24(20,21)17-19-18-16(23-17)14-9-11-15(22-2)12-10-14/h9-12H,3-8,13H2,1-2H3. The molecule has 24 heavy (non-hydrogen) atoms. The summed E-state index contributed by atoms with van der Waals surface area (Å²) in [4.78, 5) is 0. The Balaban J connectivity index is 1.95. The van der Waals surface area contributed by atoms with Crippen molar-refractivity contribution in [2.24, 2.45) is 0 Å². The molecule has 0 aliphatic rings. The van der Waals surface area contributed by atoms with Gasteiger partial charge in [-0.2, -0.15) is 0 Å². The first-order chi connectivity index (χ1) is 11.6. The fourth-order valence-electron chi connectivity index (χ4n) is 2.35. The molecule has 7 heteroatoms. The Morgan fingerprint density at radius 2 is 1.67 bits per heavy atom. The SMILES string of the molecule is CCCCCCCCS(=O)(=O)c1nnc(-c2ccc(OC)cc2)o1. The molecule has 132 valence electrons. The summed E-state index contributed by atoms with van der Waals surface area (Å²) < 4.78 is 34.9. The Hall–Kier alpha value is -1.89. The summed E-state index contributed by atoms with van der Waals surface area (Å²) in [5.74, 6) is 0.942. The van der Waals surface area contributed by atoms with Crippen LogP contribution in [-0.4, -0.2) is 31.5 Å². The fraction of sp³-hybridized carbons (Fsp3) is 0.529. The zero-order valence-electron chi connectivity index (χ0n) is 14.2. The number of sulfone groups is 1. The highest BCUT2D eigenvalue weighted by Gasteiger charge is 2.22. The first-order valence-electron chi connectivity index (χ1n) is 8.27. The molecule has 0 bridgehead atoms. The van der Waals surface area contributed by atoms with E-state index in [0.29, 0.717) is 17.7 Å². The molecule has 0 fully saturated rings. The van der Waals surface area contributed by atoms with Crippen LogP contribution in [0.25, 0.3) is 11.5 Å². The summed E-state index contributed by atoms with van der Waals surface area (Å²) >= 11 is 0. The highest BCUT2D eigenvalue weighted by atomic mass is 32.2. The van der Waals surface area contributed by atoms with Gasteiger partial charge < -0.3 is 9.15 Å². The molecule has 0 unspecified atom stereocenters. The molecule has 0 saturated carbocycles. The van der Waals surface area contributed by atoms with Gasteiger partial charge in [0.15, 0.2) is 0 Å². The van der Waals surface area contributed by atoms with Gasteiger partial charge in [0.2, 0.25) is 15.7 Å². The van der Waals surface area contributed by atoms with Crippen molar-refractivity contribution >= 4 is 9.84 Å². The lowest BCUT2D eigenvalue weighted by Crippen LogP contribution is -2.07. The fourth-order valence-corrected chi connectivity index (χ4v) is 3.48. The number of aromatic nitrogens is 2. The largest absolute Gasteiger partial charge is 0.497 e. The van der Waals surface area contributed by atoms with Crippen LogP contribution in [0.1, 0.15) is 45.4 Å². The zero-order chi connectivity index (χ0) is 17.4. The minimum absolute atomic E-state index is 0.0450. The Morgan fingerprint density at radius 1 is 1.00 bits per heavy atom. The lowest BCUT2D eigenvalue weighted by molar-refractivity contribution is 0.414. The first kappa shape index (κ1) is 18.4. The molecule has 0 saturated heterocycles. The van der Waals surface area contributed by atoms with Crippen LogP contribution in [0.3, 0.4) is 0 Å². The van der Waals surface area contributed by atoms with Gasteiger partial charge in [-0.1, -0.05) is 44.1 Å². The third-order valence-electron chi connectivity index (χ3n) is 3.78. The lowest BCUT2D eigenvalue weighted by Gasteiger charge is -2.01. The number of ether oxygens (including phenoxy) is 1. The number of rotatable bonds is 10. The second-order valence-electron chi connectivity index (χ2n) is 5.69. The van der Waals surface area contributed by atoms with Gasteiger partial charge in [-0.05, 0) is 30.7 Å². The van der Waals surface area contributed by atoms with Crippen molar-refractivity contribution in [3.8, 4) is 17.2 Å². The Labute approximate surface area is 143 Å². The quantitative estimate of drug-likeness (QED) is 0.604. The van der Waals surface area contributed by atoms with E-state index >= 15 is 0 Å². The van der Waals surface area contributed by atoms with E-state index in [1.165, 1.54) is 12.8 Å². The minimum atomic E-state index is -3.52. The third-order valence-corrected chi connectivity index (χ3v) is 5.30. The van der Waals surface area contributed by atoms with E-state index in [0.717, 1.165) is 19.3 Å². The number of nitrogens with zero attached hydrogens (tertiary/aromatic N) is 2. The average Bonchev–Trinajstić information content (AvgIpc) is 3.09. The Bertz CT molecular complexity index is 723. The maximum absolute atomic E-state index is 12.2. The van der Waals surface area contributed by atoms with Crippen LogP contribution in [0.15, 0.2) is 33.9 Å². The number of hydrogen-bond acceptors (Lipinski definition) is 6. The van der Waals surface area contributed by atoms with Crippen molar-refractivity contribution < 1.29 is 17.6 Å². The summed E-state index contributed by atoms with van der Waals surface area (Å²) in [6.07, 6.45) is 6.10. The van der Waals surface area contributed by atoms with Gasteiger partial charge in [0.25, 0.3) is 0 Å². The topological polar surface area (TPSA) is 82.3 Å². The van der Waals surface area contributed by atoms with Gasteiger partial charge in [-0.25, -0.2) is 8.42 Å². The van der Waals surface area contributed by atoms with Crippen LogP contribution in [0.5, 0.6) is 5.75 Å². The van der Waals surface area contributed by atoms with Gasteiger partial charge >= 0.3 is 5.22 Å². The van der Waals surface area contributed by atoms with Gasteiger partial charge in [-0.15, -0.1) is 5.10 Å². The summed E-state index contributed by atoms with van der Waals surface area (Å²) in [5.41, 5.74) is 0.657. The first-order valence-corrected chi connectivity index (χ1v) is 9.92. The smallest absolute Gasteiger partial charge is 0.335 e. The second kappa shape index (κ2) is 8.82. The highest BCUT2D eigenvalue weighted by molar-refractivity contribution is 7.91. The maximum Gasteiger partial charge on any atom is 0.335 e. The van der Waals surface area contributed by atoms with E-state index in [-0.39, 0.29) is 16.9 Å². The monoisotopic (exact) mass is 352 g/mol. The van der Waals surface area contributed by atoms with Gasteiger partial charge in [-0.3, -0.25) is 0 Å². The van der Waals surface area contributed by atoms with Crippen molar-refractivity contribution in [1.29, 1.82) is 0 Å². The van der Waals surface area contributed by atoms with E-state index in [1.807, 2.05) is 0 Å². The molecule has 0 spiro atoms. The Morgan fingerprint density at radius 3 is 2.33 bits per heavy atom. The second-order valence-corrected chi connectivity index (χ2v) is 7.68. The van der Waals surface area contributed by atoms with Gasteiger partial charge in [0.1, 0.15) is 5.75 Å². The zero-order valence-corrected chi connectivity index (χ0v) is 15.0. The molecule has 0 amide bonds. The number of benzene rings is 1. The molecule has 1 aromatic carbocycles. The molecule has 0 aliphatic carbocycles. The van der Waals surface area contributed by atoms with Crippen LogP contribution < -0.4 is 4.74 Å². The van der Waals surface area contributed by atoms with Crippen molar-refractivity contribution in [1.82, 2.24) is 10.2 Å². The van der Waals surface area contributed by atoms with E-state index in [2.05, 4.69) is 17.1 Å². The lowest BCUT2D eigenvalue weighted by atomic mass is 10.1. The molecule has 2 aromatic rings. The molecule has 1 heterocycles. The summed E-state index contributed by atoms with van der Waals surface area (Å²) in [5, 5.41) is 7.24. The van der Waals surface area contributed by atoms with Gasteiger partial charge in [0.05, 0.1) is 12.9 Å². The highest BCUT2D eigenvalue weighted by Crippen LogP contribution is 2.23. The maximum atomic E-state index is 12.2. The van der Waals surface area contributed by atoms with Crippen LogP contribution in [0, 0.1) is 0 Å². The van der Waals surface area contributed by atoms with Crippen LogP contribution >= 0.6 is 0 Å². The number of methoxy groups -OCH3 is 1. The van der Waals surface area contributed by atoms with Crippen molar-refractivity contribution in [3.05, 3.63) is 24.3 Å². The molecule has 1 aromatic heterocycles. The van der Waals surface area contributed by atoms with E-state index in [9.17, 15) is 8.42 Å². The van der Waals surface area contributed by atoms with Crippen molar-refractivity contribution in [2.45, 2.75) is 50.7 Å². The predicted octanol–water partition coefficient (Wildman–Crippen LogP) is 3.88. The van der Waals surface area contributed by atoms with E-state index < -0.39 is 9.84 Å². The van der Waals surface area contributed by atoms with E-state index in [1.54, 1.807) is 31.4 Å². The summed E-state index contributed by atoms with van der Waals surface area (Å²) in [6, 6.07) is 7.00. The molecule has 2 rings (SSSR count). The van der Waals surface area contributed by atoms with Crippen molar-refractivity contribution in [3.63, 3.8) is 0 Å². The normalized spacial score (nSPS) is 11.6. The third kappa shape index (κ3) is 5.06. The minimum Gasteiger partial charge on any atom is -0.497 e. The van der Waals surface area contributed by atoms with Crippen LogP contribution in [-0.2, 0) is 9.84 Å². The average molecular weight is 352 g/mol. The molecule has 6 nitrogen and oxygen atoms in total. The summed E-state index contributed by atoms with van der Waals surface area (Å²) in [6.45, 7) is 2.15. The predicted molar refractivity (Wildman–Crippen MR) is 91.7 cm³/mol. The van der Waals surface area contributed by atoms with Gasteiger partial charge in [0, 0.05) is 5.56 Å². The molecule has 0 radical (unpaired) electrons. The molecule has 0 aliphatic heterocycles. The summed E-state index contributed by atoms with van der Waals surface area (Å²) in [7, 11) is -1.94. The molecular weight excluding hydrogens is 328 g/mol. The van der Waals surface area contributed by atoms with Crippen molar-refractivity contribution in [2.75, 3.05) is 12.9 Å². The Kier molecular flexibility index (Phi) is 6.78. The van der Waals surface area contributed by atoms with Crippen LogP contribution in [0.4, 0.5) is 0 Å². The van der Waals surface area contributed by atoms with E-state index in [4.69, 9.17) is 9.15 Å². The molecule has 0 N–H and O–H groups in total. The number of unbranched alkanes of at least 4 members (excludes halogenated alkanes) is 5. The van der Waals surface area contributed by atoms with Crippen LogP contribution in [0.2, 0.25) is 0 Å². The molecular formula is C17H24N2O4S.